The molecule has 0 saturated carbocycles. The van der Waals surface area contributed by atoms with Crippen molar-refractivity contribution in [1.29, 1.82) is 0 Å². The summed E-state index contributed by atoms with van der Waals surface area (Å²) in [4.78, 5) is 96.9. The maximum atomic E-state index is 12.9. The van der Waals surface area contributed by atoms with Crippen molar-refractivity contribution in [3.05, 3.63) is 147 Å². The molecule has 6 heterocycles. The lowest BCUT2D eigenvalue weighted by Crippen LogP contribution is -2.52. The van der Waals surface area contributed by atoms with Crippen LogP contribution in [0.3, 0.4) is 0 Å². The van der Waals surface area contributed by atoms with E-state index in [1.165, 1.54) is 34.6 Å². The molecule has 4 aromatic heterocycles. The summed E-state index contributed by atoms with van der Waals surface area (Å²) in [5.74, 6) is -2.67. The number of halogens is 3. The highest BCUT2D eigenvalue weighted by Gasteiger charge is 2.32. The number of allylic oxidation sites excluding steroid dienone is 1. The number of aromatic nitrogens is 4. The van der Waals surface area contributed by atoms with Crippen LogP contribution < -0.4 is 0 Å². The molecule has 2 aliphatic heterocycles. The monoisotopic (exact) mass is 938 g/mol. The molecule has 8 rings (SSSR count). The zero-order chi connectivity index (χ0) is 44.5. The van der Waals surface area contributed by atoms with Gasteiger partial charge in [0.15, 0.2) is 0 Å². The molecule has 4 amide bonds. The van der Waals surface area contributed by atoms with Gasteiger partial charge in [-0.1, -0.05) is 72.3 Å². The zero-order valence-corrected chi connectivity index (χ0v) is 36.7. The number of hydrogen-bond acceptors (Lipinski definition) is 8. The molecule has 14 nitrogen and oxygen atoms in total. The van der Waals surface area contributed by atoms with E-state index in [9.17, 15) is 28.8 Å². The molecule has 318 valence electrons. The number of rotatable bonds is 7. The van der Waals surface area contributed by atoms with Gasteiger partial charge in [0.25, 0.3) is 35.2 Å². The third-order valence-electron chi connectivity index (χ3n) is 10.1. The Morgan fingerprint density at radius 3 is 1.40 bits per heavy atom. The summed E-state index contributed by atoms with van der Waals surface area (Å²) < 4.78 is 0.511. The highest BCUT2D eigenvalue weighted by Crippen LogP contribution is 2.31. The molecular weight excluding hydrogens is 899 g/mol. The summed E-state index contributed by atoms with van der Waals surface area (Å²) in [7, 11) is 0. The highest BCUT2D eigenvalue weighted by atomic mass is 79.9. The smallest absolute Gasteiger partial charge is 0.295 e. The maximum Gasteiger partial charge on any atom is 0.295 e. The van der Waals surface area contributed by atoms with Gasteiger partial charge in [0.05, 0.1) is 37.9 Å². The lowest BCUT2D eigenvalue weighted by molar-refractivity contribution is -0.128. The number of benzene rings is 2. The van der Waals surface area contributed by atoms with Crippen molar-refractivity contribution in [2.45, 2.75) is 6.92 Å². The number of ketones is 2. The second kappa shape index (κ2) is 20.4. The van der Waals surface area contributed by atoms with Gasteiger partial charge in [-0.25, -0.2) is 4.98 Å². The number of nitrogens with zero attached hydrogens (tertiary/aromatic N) is 6. The van der Waals surface area contributed by atoms with E-state index < -0.39 is 23.4 Å². The number of hydrogen-bond donors (Lipinski definition) is 2. The molecule has 6 aromatic rings. The minimum atomic E-state index is -0.646. The third-order valence-corrected chi connectivity index (χ3v) is 11.3. The fourth-order valence-corrected chi connectivity index (χ4v) is 7.89. The Bertz CT molecular complexity index is 2670. The molecule has 2 fully saturated rings. The van der Waals surface area contributed by atoms with Crippen LogP contribution in [-0.4, -0.2) is 127 Å². The van der Waals surface area contributed by atoms with Crippen LogP contribution >= 0.6 is 39.1 Å². The molecule has 17 heteroatoms. The Morgan fingerprint density at radius 1 is 0.613 bits per heavy atom. The number of Topliss-reactive ketones (excluding diaryl/α,β-unsaturated/α-hetero) is 2. The number of fused-ring (bicyclic) bond motifs is 2. The fourth-order valence-electron chi connectivity index (χ4n) is 6.99. The Hall–Kier alpha value is -6.42. The predicted octanol–water partition coefficient (Wildman–Crippen LogP) is 7.37. The minimum Gasteiger partial charge on any atom is -0.359 e. The Labute approximate surface area is 375 Å². The largest absolute Gasteiger partial charge is 0.359 e. The zero-order valence-electron chi connectivity index (χ0n) is 33.6. The van der Waals surface area contributed by atoms with Gasteiger partial charge < -0.3 is 29.6 Å². The summed E-state index contributed by atoms with van der Waals surface area (Å²) in [6.07, 6.45) is 9.11. The Morgan fingerprint density at radius 2 is 0.984 bits per heavy atom. The number of H-pyrrole nitrogens is 2. The molecule has 0 spiro atoms. The first-order valence-electron chi connectivity index (χ1n) is 19.4. The SMILES string of the molecule is C=CC.C=Cc1ncc(Cl)c2c(C(=O)C(=O)N3CCN(C(=O)c4ccccc4)CC3)c[nH]c12.O=C(C(=O)N1CCN(C(=O)c2ccccc2)CC1)c1c[nH]c2c(Br)ncc(Cl)c12. The molecule has 0 unspecified atom stereocenters. The van der Waals surface area contributed by atoms with Gasteiger partial charge in [-0.05, 0) is 53.2 Å². The first-order valence-corrected chi connectivity index (χ1v) is 21.0. The number of aromatic amines is 2. The lowest BCUT2D eigenvalue weighted by Gasteiger charge is -2.34. The number of pyridine rings is 2. The Kier molecular flexibility index (Phi) is 14.9. The molecule has 2 aliphatic rings. The average Bonchev–Trinajstić information content (AvgIpc) is 3.98. The third kappa shape index (κ3) is 9.70. The van der Waals surface area contributed by atoms with Crippen LogP contribution in [0.1, 0.15) is 54.0 Å². The van der Waals surface area contributed by atoms with Crippen molar-refractivity contribution >= 4 is 102 Å². The van der Waals surface area contributed by atoms with Crippen LogP contribution in [0.2, 0.25) is 10.0 Å². The minimum absolute atomic E-state index is 0.0789. The number of amides is 4. The van der Waals surface area contributed by atoms with E-state index in [0.717, 1.165) is 0 Å². The molecule has 0 aliphatic carbocycles. The van der Waals surface area contributed by atoms with Gasteiger partial charge in [0.2, 0.25) is 0 Å². The summed E-state index contributed by atoms with van der Waals surface area (Å²) in [5.41, 5.74) is 3.30. The normalized spacial score (nSPS) is 13.7. The average molecular weight is 941 g/mol. The van der Waals surface area contributed by atoms with E-state index in [-0.39, 0.29) is 28.0 Å². The molecule has 2 N–H and O–H groups in total. The molecule has 2 aromatic carbocycles. The van der Waals surface area contributed by atoms with Crippen molar-refractivity contribution in [1.82, 2.24) is 39.5 Å². The molecule has 62 heavy (non-hydrogen) atoms. The number of carbonyl (C=O) groups is 6. The van der Waals surface area contributed by atoms with E-state index in [1.54, 1.807) is 46.2 Å². The molecular formula is C45H41BrCl2N8O6. The summed E-state index contributed by atoms with van der Waals surface area (Å²) in [6.45, 7) is 11.6. The van der Waals surface area contributed by atoms with Gasteiger partial charge in [-0.15, -0.1) is 6.58 Å². The number of nitrogens with one attached hydrogen (secondary N) is 2. The fraction of sp³-hybridized carbons (Fsp3) is 0.200. The molecule has 2 saturated heterocycles. The molecule has 0 atom stereocenters. The van der Waals surface area contributed by atoms with Crippen molar-refractivity contribution < 1.29 is 28.8 Å². The standard InChI is InChI=1S/C22H19ClN4O3.C20H16BrClN4O3.C3H6/c1-2-17-19-18(16(23)13-24-17)15(12-25-19)20(28)22(30)27-10-8-26(9-11-27)21(29)14-6-4-3-5-7-14;21-18-16-15(14(22)11-24-18)13(10-23-16)17(27)20(29)26-8-6-25(7-9-26)19(28)12-4-2-1-3-5-12;1-3-2/h2-7,12-13,25H,1,8-11H2;1-5,10-11,23H,6-9H2;3H,1H2,2H3. The summed E-state index contributed by atoms with van der Waals surface area (Å²) >= 11 is 15.7. The Balaban J connectivity index is 0.000000195. The lowest BCUT2D eigenvalue weighted by atomic mass is 10.1. The van der Waals surface area contributed by atoms with Crippen LogP contribution in [0, 0.1) is 0 Å². The van der Waals surface area contributed by atoms with Crippen molar-refractivity contribution in [3.8, 4) is 0 Å². The second-order valence-electron chi connectivity index (χ2n) is 14.0. The topological polar surface area (TPSA) is 173 Å². The van der Waals surface area contributed by atoms with E-state index in [0.29, 0.717) is 101 Å². The first kappa shape index (κ1) is 45.1. The van der Waals surface area contributed by atoms with Crippen molar-refractivity contribution in [2.75, 3.05) is 52.4 Å². The van der Waals surface area contributed by atoms with Crippen LogP contribution in [0.15, 0.2) is 109 Å². The van der Waals surface area contributed by atoms with Crippen molar-refractivity contribution in [2.24, 2.45) is 0 Å². The highest BCUT2D eigenvalue weighted by molar-refractivity contribution is 9.10. The maximum absolute atomic E-state index is 12.9. The van der Waals surface area contributed by atoms with Gasteiger partial charge >= 0.3 is 0 Å². The van der Waals surface area contributed by atoms with Gasteiger partial charge in [-0.2, -0.15) is 0 Å². The first-order chi connectivity index (χ1) is 29.9. The van der Waals surface area contributed by atoms with E-state index in [2.05, 4.69) is 49.0 Å². The van der Waals surface area contributed by atoms with Crippen LogP contribution in [-0.2, 0) is 9.59 Å². The van der Waals surface area contributed by atoms with Crippen molar-refractivity contribution in [3.63, 3.8) is 0 Å². The van der Waals surface area contributed by atoms with E-state index in [1.807, 2.05) is 43.3 Å². The summed E-state index contributed by atoms with van der Waals surface area (Å²) in [6, 6.07) is 18.0. The quantitative estimate of drug-likeness (QED) is 0.0723. The number of carbonyl (C=O) groups excluding carboxylic acids is 6. The van der Waals surface area contributed by atoms with Gasteiger partial charge in [-0.3, -0.25) is 33.8 Å². The molecule has 0 radical (unpaired) electrons. The van der Waals surface area contributed by atoms with E-state index in [4.69, 9.17) is 23.2 Å². The van der Waals surface area contributed by atoms with E-state index >= 15 is 0 Å². The predicted molar refractivity (Wildman–Crippen MR) is 242 cm³/mol. The van der Waals surface area contributed by atoms with Crippen LogP contribution in [0.25, 0.3) is 27.9 Å². The number of piperazine rings is 2. The van der Waals surface area contributed by atoms with Crippen LogP contribution in [0.4, 0.5) is 0 Å². The summed E-state index contributed by atoms with van der Waals surface area (Å²) in [5, 5.41) is 1.49. The second-order valence-corrected chi connectivity index (χ2v) is 15.5. The van der Waals surface area contributed by atoms with Gasteiger partial charge in [0.1, 0.15) is 4.60 Å². The van der Waals surface area contributed by atoms with Crippen LogP contribution in [0.5, 0.6) is 0 Å². The molecule has 0 bridgehead atoms. The van der Waals surface area contributed by atoms with Gasteiger partial charge in [0, 0.05) is 99.0 Å².